The van der Waals surface area contributed by atoms with Gasteiger partial charge in [0.25, 0.3) is 0 Å². The van der Waals surface area contributed by atoms with Gasteiger partial charge < -0.3 is 5.32 Å². The van der Waals surface area contributed by atoms with Crippen molar-refractivity contribution in [2.45, 2.75) is 37.8 Å². The van der Waals surface area contributed by atoms with E-state index in [1.807, 2.05) is 0 Å². The van der Waals surface area contributed by atoms with Gasteiger partial charge in [-0.25, -0.2) is 0 Å². The molecule has 94 valence electrons. The van der Waals surface area contributed by atoms with E-state index in [1.165, 1.54) is 24.0 Å². The largest absolute Gasteiger partial charge is 0.307 e. The molecule has 1 N–H and O–H groups in total. The molecule has 0 saturated heterocycles. The van der Waals surface area contributed by atoms with Gasteiger partial charge in [-0.1, -0.05) is 30.3 Å². The summed E-state index contributed by atoms with van der Waals surface area (Å²) in [5.41, 5.74) is 2.92. The van der Waals surface area contributed by atoms with E-state index >= 15 is 0 Å². The van der Waals surface area contributed by atoms with Crippen LogP contribution in [0, 0.1) is 0 Å². The summed E-state index contributed by atoms with van der Waals surface area (Å²) in [5, 5.41) is 8.12. The van der Waals surface area contributed by atoms with Crippen molar-refractivity contribution in [3.8, 4) is 0 Å². The smallest absolute Gasteiger partial charge is 0.0302 e. The molecular formula is C16H19NS. The van der Waals surface area contributed by atoms with Crippen LogP contribution >= 0.6 is 11.3 Å². The summed E-state index contributed by atoms with van der Waals surface area (Å²) in [6.45, 7) is 2.26. The topological polar surface area (TPSA) is 12.0 Å². The SMILES string of the molecule is CC(NC1CC(c2ccccc2)C1)c1ccsc1. The Balaban J connectivity index is 1.51. The van der Waals surface area contributed by atoms with Crippen molar-refractivity contribution in [3.05, 3.63) is 58.3 Å². The van der Waals surface area contributed by atoms with Crippen LogP contribution in [0.4, 0.5) is 0 Å². The Morgan fingerprint density at radius 1 is 1.17 bits per heavy atom. The lowest BCUT2D eigenvalue weighted by Gasteiger charge is -2.38. The average molecular weight is 257 g/mol. The van der Waals surface area contributed by atoms with Gasteiger partial charge in [0.15, 0.2) is 0 Å². The lowest BCUT2D eigenvalue weighted by Crippen LogP contribution is -2.41. The molecule has 2 heteroatoms. The number of rotatable bonds is 4. The third kappa shape index (κ3) is 2.50. The lowest BCUT2D eigenvalue weighted by atomic mass is 9.75. The Bertz CT molecular complexity index is 471. The third-order valence-electron chi connectivity index (χ3n) is 3.94. The van der Waals surface area contributed by atoms with Gasteiger partial charge in [-0.2, -0.15) is 11.3 Å². The fraction of sp³-hybridized carbons (Fsp3) is 0.375. The van der Waals surface area contributed by atoms with Crippen LogP contribution in [0.25, 0.3) is 0 Å². The second-order valence-electron chi connectivity index (χ2n) is 5.22. The number of nitrogens with one attached hydrogen (secondary N) is 1. The van der Waals surface area contributed by atoms with E-state index in [4.69, 9.17) is 0 Å². The first-order chi connectivity index (χ1) is 8.83. The molecule has 2 aromatic rings. The first kappa shape index (κ1) is 11.9. The quantitative estimate of drug-likeness (QED) is 0.859. The fourth-order valence-corrected chi connectivity index (χ4v) is 3.48. The normalized spacial score (nSPS) is 24.5. The summed E-state index contributed by atoms with van der Waals surface area (Å²) in [5.74, 6) is 0.762. The highest BCUT2D eigenvalue weighted by atomic mass is 32.1. The highest BCUT2D eigenvalue weighted by molar-refractivity contribution is 7.07. The van der Waals surface area contributed by atoms with Crippen LogP contribution in [0.2, 0.25) is 0 Å². The number of hydrogen-bond acceptors (Lipinski definition) is 2. The molecular weight excluding hydrogens is 238 g/mol. The minimum atomic E-state index is 0.484. The van der Waals surface area contributed by atoms with Crippen molar-refractivity contribution in [1.29, 1.82) is 0 Å². The van der Waals surface area contributed by atoms with Crippen LogP contribution in [-0.2, 0) is 0 Å². The van der Waals surface area contributed by atoms with E-state index in [-0.39, 0.29) is 0 Å². The van der Waals surface area contributed by atoms with E-state index in [2.05, 4.69) is 59.4 Å². The molecule has 1 heterocycles. The molecule has 3 rings (SSSR count). The van der Waals surface area contributed by atoms with Gasteiger partial charge >= 0.3 is 0 Å². The van der Waals surface area contributed by atoms with Gasteiger partial charge in [0, 0.05) is 12.1 Å². The second kappa shape index (κ2) is 5.25. The average Bonchev–Trinajstić information content (AvgIpc) is 2.88. The van der Waals surface area contributed by atoms with Crippen LogP contribution in [0.15, 0.2) is 47.2 Å². The Hall–Kier alpha value is -1.12. The maximum Gasteiger partial charge on any atom is 0.0302 e. The summed E-state index contributed by atoms with van der Waals surface area (Å²) in [4.78, 5) is 0. The van der Waals surface area contributed by atoms with E-state index < -0.39 is 0 Å². The molecule has 1 saturated carbocycles. The molecule has 0 aliphatic heterocycles. The Kier molecular flexibility index (Phi) is 3.48. The molecule has 0 bridgehead atoms. The monoisotopic (exact) mass is 257 g/mol. The summed E-state index contributed by atoms with van der Waals surface area (Å²) < 4.78 is 0. The van der Waals surface area contributed by atoms with Gasteiger partial charge in [0.05, 0.1) is 0 Å². The fourth-order valence-electron chi connectivity index (χ4n) is 2.72. The molecule has 1 atom stereocenters. The minimum absolute atomic E-state index is 0.484. The maximum absolute atomic E-state index is 3.73. The van der Waals surface area contributed by atoms with Crippen LogP contribution in [0.5, 0.6) is 0 Å². The number of thiophene rings is 1. The maximum atomic E-state index is 3.73. The van der Waals surface area contributed by atoms with E-state index in [0.29, 0.717) is 12.1 Å². The minimum Gasteiger partial charge on any atom is -0.307 e. The van der Waals surface area contributed by atoms with Gasteiger partial charge in [0.1, 0.15) is 0 Å². The zero-order chi connectivity index (χ0) is 12.4. The van der Waals surface area contributed by atoms with E-state index in [9.17, 15) is 0 Å². The first-order valence-electron chi connectivity index (χ1n) is 6.66. The van der Waals surface area contributed by atoms with Crippen molar-refractivity contribution in [3.63, 3.8) is 0 Å². The zero-order valence-electron chi connectivity index (χ0n) is 10.7. The highest BCUT2D eigenvalue weighted by Crippen LogP contribution is 2.37. The van der Waals surface area contributed by atoms with Crippen LogP contribution in [0.1, 0.15) is 42.9 Å². The van der Waals surface area contributed by atoms with Crippen molar-refractivity contribution in [2.24, 2.45) is 0 Å². The molecule has 18 heavy (non-hydrogen) atoms. The summed E-state index contributed by atoms with van der Waals surface area (Å²) in [6, 6.07) is 14.3. The highest BCUT2D eigenvalue weighted by Gasteiger charge is 2.30. The van der Waals surface area contributed by atoms with Gasteiger partial charge in [-0.05, 0) is 53.6 Å². The first-order valence-corrected chi connectivity index (χ1v) is 7.60. The van der Waals surface area contributed by atoms with Crippen LogP contribution in [0.3, 0.4) is 0 Å². The summed E-state index contributed by atoms with van der Waals surface area (Å²) in [7, 11) is 0. The lowest BCUT2D eigenvalue weighted by molar-refractivity contribution is 0.271. The van der Waals surface area contributed by atoms with Crippen LogP contribution < -0.4 is 5.32 Å². The Labute approximate surface area is 113 Å². The van der Waals surface area contributed by atoms with Crippen molar-refractivity contribution in [2.75, 3.05) is 0 Å². The van der Waals surface area contributed by atoms with Gasteiger partial charge in [-0.3, -0.25) is 0 Å². The predicted molar refractivity (Wildman–Crippen MR) is 78.1 cm³/mol. The molecule has 0 amide bonds. The molecule has 1 fully saturated rings. The second-order valence-corrected chi connectivity index (χ2v) is 6.00. The Morgan fingerprint density at radius 3 is 2.61 bits per heavy atom. The predicted octanol–water partition coefficient (Wildman–Crippen LogP) is 4.34. The molecule has 1 aromatic heterocycles. The van der Waals surface area contributed by atoms with E-state index in [1.54, 1.807) is 11.3 Å². The van der Waals surface area contributed by atoms with Crippen molar-refractivity contribution >= 4 is 11.3 Å². The van der Waals surface area contributed by atoms with Gasteiger partial charge in [-0.15, -0.1) is 0 Å². The number of benzene rings is 1. The standard InChI is InChI=1S/C16H19NS/c1-12(14-7-8-18-11-14)17-16-9-15(10-16)13-5-3-2-4-6-13/h2-8,11-12,15-17H,9-10H2,1H3. The molecule has 1 unspecified atom stereocenters. The molecule has 0 spiro atoms. The molecule has 1 aromatic carbocycles. The van der Waals surface area contributed by atoms with Crippen molar-refractivity contribution in [1.82, 2.24) is 5.32 Å². The third-order valence-corrected chi connectivity index (χ3v) is 4.64. The molecule has 1 aliphatic rings. The molecule has 1 aliphatic carbocycles. The summed E-state index contributed by atoms with van der Waals surface area (Å²) >= 11 is 1.78. The zero-order valence-corrected chi connectivity index (χ0v) is 11.5. The van der Waals surface area contributed by atoms with Crippen molar-refractivity contribution < 1.29 is 0 Å². The number of hydrogen-bond donors (Lipinski definition) is 1. The van der Waals surface area contributed by atoms with Gasteiger partial charge in [0.2, 0.25) is 0 Å². The summed E-state index contributed by atoms with van der Waals surface area (Å²) in [6.07, 6.45) is 2.55. The Morgan fingerprint density at radius 2 is 1.94 bits per heavy atom. The van der Waals surface area contributed by atoms with E-state index in [0.717, 1.165) is 5.92 Å². The molecule has 1 nitrogen and oxygen atoms in total. The van der Waals surface area contributed by atoms with Crippen LogP contribution in [-0.4, -0.2) is 6.04 Å². The molecule has 0 radical (unpaired) electrons.